The number of carbonyl (C=O) groups is 1. The molecule has 0 saturated heterocycles. The minimum atomic E-state index is -0.280. The van der Waals surface area contributed by atoms with Crippen molar-refractivity contribution in [3.8, 4) is 5.75 Å². The molecule has 0 bridgehead atoms. The molecule has 1 atom stereocenters. The number of ether oxygens (including phenoxy) is 1. The van der Waals surface area contributed by atoms with Crippen molar-refractivity contribution in [3.05, 3.63) is 106 Å². The summed E-state index contributed by atoms with van der Waals surface area (Å²) in [4.78, 5) is 19.4. The molecule has 2 aromatic carbocycles. The molecule has 0 saturated carbocycles. The summed E-state index contributed by atoms with van der Waals surface area (Å²) in [5.74, 6) is 1.52. The Bertz CT molecular complexity index is 1450. The zero-order chi connectivity index (χ0) is 27.4. The molecule has 1 aliphatic carbocycles. The van der Waals surface area contributed by atoms with Gasteiger partial charge in [0, 0.05) is 16.7 Å². The first-order chi connectivity index (χ1) is 18.8. The van der Waals surface area contributed by atoms with E-state index >= 15 is 0 Å². The number of hydrogen-bond acceptors (Lipinski definition) is 5. The van der Waals surface area contributed by atoms with E-state index in [2.05, 4.69) is 26.1 Å². The van der Waals surface area contributed by atoms with Gasteiger partial charge in [-0.2, -0.15) is 0 Å². The number of aliphatic imine (C=N–C) groups is 1. The van der Waals surface area contributed by atoms with Crippen molar-refractivity contribution in [3.63, 3.8) is 0 Å². The van der Waals surface area contributed by atoms with Crippen molar-refractivity contribution in [1.82, 2.24) is 5.32 Å². The highest BCUT2D eigenvalue weighted by Gasteiger charge is 2.33. The smallest absolute Gasteiger partial charge is 0.255 e. The lowest BCUT2D eigenvalue weighted by molar-refractivity contribution is 0.0947. The largest absolute Gasteiger partial charge is 0.489 e. The van der Waals surface area contributed by atoms with E-state index in [0.29, 0.717) is 35.1 Å². The molecule has 5 nitrogen and oxygen atoms in total. The Morgan fingerprint density at radius 3 is 2.67 bits per heavy atom. The van der Waals surface area contributed by atoms with Gasteiger partial charge >= 0.3 is 0 Å². The maximum absolute atomic E-state index is 13.9. The molecule has 0 spiro atoms. The Balaban J connectivity index is 1.34. The summed E-state index contributed by atoms with van der Waals surface area (Å²) in [7, 11) is 0. The lowest BCUT2D eigenvalue weighted by Gasteiger charge is -2.33. The third-order valence-corrected chi connectivity index (χ3v) is 8.43. The van der Waals surface area contributed by atoms with Crippen LogP contribution in [0.25, 0.3) is 0 Å². The van der Waals surface area contributed by atoms with Crippen molar-refractivity contribution >= 4 is 28.5 Å². The summed E-state index contributed by atoms with van der Waals surface area (Å²) >= 11 is 1.62. The molecule has 1 N–H and O–H groups in total. The standard InChI is InChI=1S/C32H33FN2O3S/c1-32(2,3)23-12-15-26-28(17-23)39-31(29(26)30(36)34-19-25-8-6-16-37-25)35-18-21-10-13-24(14-11-21)38-20-22-7-4-5-9-27(22)33/h4-11,13-14,16,18,23H,12,15,17,19-20H2,1-3H3,(H,34,36)/t23-/m0/s1. The molecular formula is C32H33FN2O3S. The number of halogens is 1. The Kier molecular flexibility index (Phi) is 7.98. The normalized spacial score (nSPS) is 15.3. The van der Waals surface area contributed by atoms with Crippen LogP contribution in [0.15, 0.2) is 76.3 Å². The highest BCUT2D eigenvalue weighted by atomic mass is 32.1. The second-order valence-electron chi connectivity index (χ2n) is 11.0. The van der Waals surface area contributed by atoms with Crippen LogP contribution < -0.4 is 10.1 Å². The monoisotopic (exact) mass is 544 g/mol. The van der Waals surface area contributed by atoms with Gasteiger partial charge in [-0.25, -0.2) is 9.38 Å². The average molecular weight is 545 g/mol. The molecule has 7 heteroatoms. The maximum atomic E-state index is 13.9. The van der Waals surface area contributed by atoms with Gasteiger partial charge < -0.3 is 14.5 Å². The topological polar surface area (TPSA) is 63.8 Å². The third kappa shape index (κ3) is 6.48. The number of hydrogen-bond donors (Lipinski definition) is 1. The van der Waals surface area contributed by atoms with Gasteiger partial charge in [0.25, 0.3) is 5.91 Å². The summed E-state index contributed by atoms with van der Waals surface area (Å²) in [5, 5.41) is 3.74. The molecule has 39 heavy (non-hydrogen) atoms. The third-order valence-electron chi connectivity index (χ3n) is 7.26. The van der Waals surface area contributed by atoms with Gasteiger partial charge in [0.15, 0.2) is 0 Å². The molecule has 1 amide bonds. The van der Waals surface area contributed by atoms with E-state index < -0.39 is 0 Å². The minimum absolute atomic E-state index is 0.123. The van der Waals surface area contributed by atoms with Crippen LogP contribution in [0.4, 0.5) is 9.39 Å². The van der Waals surface area contributed by atoms with Crippen LogP contribution in [-0.2, 0) is 26.0 Å². The van der Waals surface area contributed by atoms with Crippen molar-refractivity contribution in [2.75, 3.05) is 0 Å². The second-order valence-corrected chi connectivity index (χ2v) is 12.0. The Morgan fingerprint density at radius 1 is 1.15 bits per heavy atom. The Morgan fingerprint density at radius 2 is 1.95 bits per heavy atom. The lowest BCUT2D eigenvalue weighted by Crippen LogP contribution is -2.28. The van der Waals surface area contributed by atoms with Crippen molar-refractivity contribution in [1.29, 1.82) is 0 Å². The average Bonchev–Trinajstić information content (AvgIpc) is 3.57. The van der Waals surface area contributed by atoms with E-state index in [1.165, 1.54) is 10.9 Å². The first-order valence-corrected chi connectivity index (χ1v) is 14.0. The van der Waals surface area contributed by atoms with Crippen molar-refractivity contribution < 1.29 is 18.3 Å². The molecule has 0 aliphatic heterocycles. The van der Waals surface area contributed by atoms with Gasteiger partial charge in [-0.3, -0.25) is 4.79 Å². The summed E-state index contributed by atoms with van der Waals surface area (Å²) < 4.78 is 25.0. The second kappa shape index (κ2) is 11.6. The van der Waals surface area contributed by atoms with Crippen LogP contribution >= 0.6 is 11.3 Å². The minimum Gasteiger partial charge on any atom is -0.489 e. The van der Waals surface area contributed by atoms with E-state index in [-0.39, 0.29) is 23.7 Å². The predicted molar refractivity (Wildman–Crippen MR) is 154 cm³/mol. The lowest BCUT2D eigenvalue weighted by atomic mass is 9.72. The molecule has 2 heterocycles. The van der Waals surface area contributed by atoms with Gasteiger partial charge in [-0.15, -0.1) is 11.3 Å². The fraction of sp³-hybridized carbons (Fsp3) is 0.312. The van der Waals surface area contributed by atoms with Crippen LogP contribution in [0.1, 0.15) is 64.9 Å². The first kappa shape index (κ1) is 26.9. The van der Waals surface area contributed by atoms with Gasteiger partial charge in [0.2, 0.25) is 0 Å². The molecule has 4 aromatic rings. The number of benzene rings is 2. The number of fused-ring (bicyclic) bond motifs is 1. The summed E-state index contributed by atoms with van der Waals surface area (Å²) in [6.45, 7) is 7.35. The van der Waals surface area contributed by atoms with Crippen LogP contribution in [0.2, 0.25) is 0 Å². The molecule has 1 aliphatic rings. The van der Waals surface area contributed by atoms with Gasteiger partial charge in [-0.1, -0.05) is 39.0 Å². The number of carbonyl (C=O) groups excluding carboxylic acids is 1. The number of furan rings is 1. The molecule has 0 radical (unpaired) electrons. The van der Waals surface area contributed by atoms with Crippen LogP contribution in [0, 0.1) is 17.2 Å². The maximum Gasteiger partial charge on any atom is 0.255 e. The zero-order valence-electron chi connectivity index (χ0n) is 22.5. The number of nitrogens with zero attached hydrogens (tertiary/aromatic N) is 1. The fourth-order valence-corrected chi connectivity index (χ4v) is 6.13. The first-order valence-electron chi connectivity index (χ1n) is 13.2. The molecule has 0 unspecified atom stereocenters. The molecule has 5 rings (SSSR count). The van der Waals surface area contributed by atoms with E-state index in [0.717, 1.165) is 35.4 Å². The summed E-state index contributed by atoms with van der Waals surface area (Å²) in [6.07, 6.45) is 6.28. The van der Waals surface area contributed by atoms with Crippen LogP contribution in [0.5, 0.6) is 5.75 Å². The van der Waals surface area contributed by atoms with Gasteiger partial charge in [0.1, 0.15) is 28.9 Å². The predicted octanol–water partition coefficient (Wildman–Crippen LogP) is 7.89. The highest BCUT2D eigenvalue weighted by Crippen LogP contribution is 2.45. The van der Waals surface area contributed by atoms with Crippen LogP contribution in [0.3, 0.4) is 0 Å². The number of thiophene rings is 1. The van der Waals surface area contributed by atoms with Crippen LogP contribution in [-0.4, -0.2) is 12.1 Å². The zero-order valence-corrected chi connectivity index (χ0v) is 23.3. The Hall–Kier alpha value is -3.71. The number of amides is 1. The van der Waals surface area contributed by atoms with E-state index in [1.54, 1.807) is 42.0 Å². The van der Waals surface area contributed by atoms with Gasteiger partial charge in [-0.05, 0) is 84.2 Å². The van der Waals surface area contributed by atoms with E-state index in [4.69, 9.17) is 14.1 Å². The van der Waals surface area contributed by atoms with E-state index in [9.17, 15) is 9.18 Å². The summed E-state index contributed by atoms with van der Waals surface area (Å²) in [6, 6.07) is 17.7. The highest BCUT2D eigenvalue weighted by molar-refractivity contribution is 7.16. The van der Waals surface area contributed by atoms with Crippen molar-refractivity contribution in [2.45, 2.75) is 53.2 Å². The summed E-state index contributed by atoms with van der Waals surface area (Å²) in [5.41, 5.74) is 3.41. The molecular weight excluding hydrogens is 511 g/mol. The fourth-order valence-electron chi connectivity index (χ4n) is 4.86. The molecule has 0 fully saturated rings. The quantitative estimate of drug-likeness (QED) is 0.229. The van der Waals surface area contributed by atoms with Gasteiger partial charge in [0.05, 0.1) is 18.4 Å². The molecule has 202 valence electrons. The van der Waals surface area contributed by atoms with Crippen molar-refractivity contribution in [2.24, 2.45) is 16.3 Å². The number of rotatable bonds is 8. The Labute approximate surface area is 232 Å². The number of nitrogens with one attached hydrogen (secondary N) is 1. The molecule has 2 aromatic heterocycles. The van der Waals surface area contributed by atoms with E-state index in [1.807, 2.05) is 36.4 Å². The SMILES string of the molecule is CC(C)(C)[C@H]1CCc2c(sc(N=Cc3ccc(OCc4ccccc4F)cc3)c2C(=O)NCc2ccco2)C1.